The van der Waals surface area contributed by atoms with E-state index in [0.717, 1.165) is 12.1 Å². The molecular weight excluding hydrogens is 456 g/mol. The molecule has 176 valence electrons. The van der Waals surface area contributed by atoms with Gasteiger partial charge in [0.05, 0.1) is 24.1 Å². The number of aliphatic hydroxyl groups is 1. The molecule has 2 aromatic heterocycles. The summed E-state index contributed by atoms with van der Waals surface area (Å²) >= 11 is 0. The molecule has 9 nitrogen and oxygen atoms in total. The zero-order chi connectivity index (χ0) is 23.3. The van der Waals surface area contributed by atoms with Crippen molar-refractivity contribution >= 4 is 27.2 Å². The van der Waals surface area contributed by atoms with Gasteiger partial charge in [0, 0.05) is 23.7 Å². The summed E-state index contributed by atoms with van der Waals surface area (Å²) in [4.78, 5) is 8.70. The van der Waals surface area contributed by atoms with Crippen molar-refractivity contribution in [1.29, 1.82) is 0 Å². The standard InChI is InChI=1S/C21H23F2N5O4S/c22-15-2-3-16(23)19-13(15)1-4-17(19)27-20-14-5-6-28(21(14)26-10-25-20)12-7-11(18(29)8-12)9-32-33(24,30)31/h2-3,5-6,10-12,17-18,29H,1,4,7-9H2,(H2,24,30,31)(H,25,26,27)/t11-,12+,17-,18-/m0/s1. The van der Waals surface area contributed by atoms with Crippen LogP contribution in [-0.4, -0.2) is 40.8 Å². The monoisotopic (exact) mass is 479 g/mol. The van der Waals surface area contributed by atoms with Crippen molar-refractivity contribution < 1.29 is 26.5 Å². The highest BCUT2D eigenvalue weighted by molar-refractivity contribution is 7.84. The summed E-state index contributed by atoms with van der Waals surface area (Å²) in [5.41, 5.74) is 1.34. The van der Waals surface area contributed by atoms with Crippen LogP contribution in [0.25, 0.3) is 11.0 Å². The van der Waals surface area contributed by atoms with Crippen molar-refractivity contribution in [3.63, 3.8) is 0 Å². The van der Waals surface area contributed by atoms with Gasteiger partial charge < -0.3 is 15.0 Å². The number of aliphatic hydroxyl groups excluding tert-OH is 1. The number of anilines is 1. The van der Waals surface area contributed by atoms with Gasteiger partial charge in [0.2, 0.25) is 0 Å². The third-order valence-electron chi connectivity index (χ3n) is 6.57. The Balaban J connectivity index is 1.39. The van der Waals surface area contributed by atoms with Crippen LogP contribution in [0.1, 0.15) is 42.5 Å². The van der Waals surface area contributed by atoms with E-state index in [1.165, 1.54) is 6.33 Å². The Kier molecular flexibility index (Phi) is 5.55. The van der Waals surface area contributed by atoms with Crippen LogP contribution in [0, 0.1) is 17.6 Å². The number of nitrogens with two attached hydrogens (primary N) is 1. The topological polar surface area (TPSA) is 132 Å². The van der Waals surface area contributed by atoms with Gasteiger partial charge in [-0.1, -0.05) is 0 Å². The van der Waals surface area contributed by atoms with Crippen LogP contribution in [-0.2, 0) is 20.9 Å². The number of hydrogen-bond acceptors (Lipinski definition) is 7. The first-order chi connectivity index (χ1) is 15.7. The van der Waals surface area contributed by atoms with Crippen molar-refractivity contribution in [3.05, 3.63) is 53.5 Å². The van der Waals surface area contributed by atoms with Crippen molar-refractivity contribution in [2.24, 2.45) is 11.1 Å². The molecule has 2 heterocycles. The number of rotatable bonds is 6. The molecule has 4 N–H and O–H groups in total. The molecule has 0 saturated heterocycles. The second kappa shape index (κ2) is 8.28. The SMILES string of the molecule is NS(=O)(=O)OC[C@@H]1C[C@@H](n2ccc3c(N[C@H]4CCc5c(F)ccc(F)c54)ncnc32)C[C@@H]1O. The van der Waals surface area contributed by atoms with Gasteiger partial charge in [-0.2, -0.15) is 8.42 Å². The van der Waals surface area contributed by atoms with Gasteiger partial charge >= 0.3 is 10.3 Å². The summed E-state index contributed by atoms with van der Waals surface area (Å²) in [6.45, 7) is -0.194. The number of hydrogen-bond donors (Lipinski definition) is 3. The lowest BCUT2D eigenvalue weighted by Crippen LogP contribution is -2.24. The molecule has 1 aromatic carbocycles. The molecule has 2 aliphatic rings. The number of nitrogens with zero attached hydrogens (tertiary/aromatic N) is 3. The Morgan fingerprint density at radius 1 is 1.21 bits per heavy atom. The molecule has 12 heteroatoms. The van der Waals surface area contributed by atoms with Crippen LogP contribution >= 0.6 is 0 Å². The molecule has 5 rings (SSSR count). The molecule has 0 amide bonds. The van der Waals surface area contributed by atoms with E-state index in [4.69, 9.17) is 5.14 Å². The predicted octanol–water partition coefficient (Wildman–Crippen LogP) is 2.34. The highest BCUT2D eigenvalue weighted by Crippen LogP contribution is 2.40. The molecule has 0 aliphatic heterocycles. The minimum atomic E-state index is -4.08. The van der Waals surface area contributed by atoms with Crippen LogP contribution in [0.2, 0.25) is 0 Å². The first-order valence-electron chi connectivity index (χ1n) is 10.6. The first-order valence-corrected chi connectivity index (χ1v) is 12.1. The summed E-state index contributed by atoms with van der Waals surface area (Å²) in [5.74, 6) is -0.738. The molecule has 0 unspecified atom stereocenters. The first kappa shape index (κ1) is 22.1. The molecule has 1 fully saturated rings. The van der Waals surface area contributed by atoms with E-state index in [2.05, 4.69) is 19.5 Å². The maximum Gasteiger partial charge on any atom is 0.333 e. The molecule has 3 aromatic rings. The number of halogens is 2. The largest absolute Gasteiger partial charge is 0.393 e. The number of aromatic nitrogens is 3. The van der Waals surface area contributed by atoms with Gasteiger partial charge in [0.15, 0.2) is 0 Å². The average Bonchev–Trinajstić information content (AvgIpc) is 3.46. The fourth-order valence-electron chi connectivity index (χ4n) is 5.03. The molecule has 33 heavy (non-hydrogen) atoms. The summed E-state index contributed by atoms with van der Waals surface area (Å²) in [6.07, 6.45) is 4.33. The average molecular weight is 480 g/mol. The summed E-state index contributed by atoms with van der Waals surface area (Å²) in [5, 5.41) is 19.2. The van der Waals surface area contributed by atoms with Crippen molar-refractivity contribution in [2.45, 2.75) is 43.9 Å². The zero-order valence-electron chi connectivity index (χ0n) is 17.5. The van der Waals surface area contributed by atoms with Crippen LogP contribution < -0.4 is 10.5 Å². The van der Waals surface area contributed by atoms with Crippen LogP contribution in [0.5, 0.6) is 0 Å². The van der Waals surface area contributed by atoms with E-state index in [-0.39, 0.29) is 12.6 Å². The smallest absolute Gasteiger partial charge is 0.333 e. The number of fused-ring (bicyclic) bond motifs is 2. The molecule has 1 saturated carbocycles. The lowest BCUT2D eigenvalue weighted by atomic mass is 10.1. The minimum Gasteiger partial charge on any atom is -0.393 e. The minimum absolute atomic E-state index is 0.131. The van der Waals surface area contributed by atoms with Crippen LogP contribution in [0.4, 0.5) is 14.6 Å². The van der Waals surface area contributed by atoms with Crippen LogP contribution in [0.3, 0.4) is 0 Å². The number of benzene rings is 1. The molecule has 4 atom stereocenters. The van der Waals surface area contributed by atoms with Crippen molar-refractivity contribution in [2.75, 3.05) is 11.9 Å². The van der Waals surface area contributed by atoms with Gasteiger partial charge in [0.25, 0.3) is 0 Å². The zero-order valence-corrected chi connectivity index (χ0v) is 18.3. The second-order valence-electron chi connectivity index (χ2n) is 8.57. The predicted molar refractivity (Wildman–Crippen MR) is 115 cm³/mol. The van der Waals surface area contributed by atoms with Gasteiger partial charge in [-0.15, -0.1) is 0 Å². The Morgan fingerprint density at radius 2 is 2.00 bits per heavy atom. The Labute approximate surface area is 188 Å². The Bertz CT molecular complexity index is 1320. The van der Waals surface area contributed by atoms with Gasteiger partial charge in [-0.3, -0.25) is 4.18 Å². The lowest BCUT2D eigenvalue weighted by Gasteiger charge is -2.17. The van der Waals surface area contributed by atoms with E-state index in [0.29, 0.717) is 53.7 Å². The normalized spacial score (nSPS) is 25.0. The highest BCUT2D eigenvalue weighted by atomic mass is 32.2. The van der Waals surface area contributed by atoms with E-state index in [1.807, 2.05) is 16.8 Å². The molecule has 0 spiro atoms. The Hall–Kier alpha value is -2.67. The fourth-order valence-corrected chi connectivity index (χ4v) is 5.39. The summed E-state index contributed by atoms with van der Waals surface area (Å²) < 4.78 is 57.3. The molecule has 0 radical (unpaired) electrons. The van der Waals surface area contributed by atoms with Gasteiger partial charge in [0.1, 0.15) is 29.4 Å². The van der Waals surface area contributed by atoms with Crippen molar-refractivity contribution in [3.8, 4) is 0 Å². The van der Waals surface area contributed by atoms with Crippen LogP contribution in [0.15, 0.2) is 30.7 Å². The molecule has 2 aliphatic carbocycles. The fraction of sp³-hybridized carbons (Fsp3) is 0.429. The quantitative estimate of drug-likeness (QED) is 0.494. The van der Waals surface area contributed by atoms with Gasteiger partial charge in [-0.05, 0) is 49.4 Å². The maximum absolute atomic E-state index is 14.4. The third kappa shape index (κ3) is 4.19. The Morgan fingerprint density at radius 3 is 2.79 bits per heavy atom. The van der Waals surface area contributed by atoms with E-state index in [9.17, 15) is 22.3 Å². The van der Waals surface area contributed by atoms with E-state index >= 15 is 0 Å². The maximum atomic E-state index is 14.4. The number of nitrogens with one attached hydrogen (secondary N) is 1. The van der Waals surface area contributed by atoms with Gasteiger partial charge in [-0.25, -0.2) is 23.9 Å². The van der Waals surface area contributed by atoms with E-state index in [1.54, 1.807) is 0 Å². The second-order valence-corrected chi connectivity index (χ2v) is 9.79. The summed E-state index contributed by atoms with van der Waals surface area (Å²) in [6, 6.07) is 3.58. The van der Waals surface area contributed by atoms with E-state index < -0.39 is 40.0 Å². The summed E-state index contributed by atoms with van der Waals surface area (Å²) in [7, 11) is -4.08. The lowest BCUT2D eigenvalue weighted by molar-refractivity contribution is 0.100. The third-order valence-corrected chi connectivity index (χ3v) is 7.04. The molecule has 0 bridgehead atoms. The highest BCUT2D eigenvalue weighted by Gasteiger charge is 2.36. The van der Waals surface area contributed by atoms with Crippen molar-refractivity contribution in [1.82, 2.24) is 14.5 Å². The molecular formula is C21H23F2N5O4S.